The summed E-state index contributed by atoms with van der Waals surface area (Å²) in [6.07, 6.45) is 0. The quantitative estimate of drug-likeness (QED) is 0.686. The number of hydrogen-bond donors (Lipinski definition) is 1. The van der Waals surface area contributed by atoms with Crippen LogP contribution in [0.2, 0.25) is 10.0 Å². The molecule has 3 rings (SSSR count). The molecule has 0 amide bonds. The van der Waals surface area contributed by atoms with Crippen LogP contribution in [-0.4, -0.2) is 9.97 Å². The Morgan fingerprint density at radius 1 is 0.882 bits per heavy atom. The number of nitrogens with zero attached hydrogens (tertiary/aromatic N) is 1. The fourth-order valence-electron chi connectivity index (χ4n) is 1.73. The van der Waals surface area contributed by atoms with E-state index in [4.69, 9.17) is 23.2 Å². The van der Waals surface area contributed by atoms with Crippen LogP contribution < -0.4 is 0 Å². The monoisotopic (exact) mass is 262 g/mol. The van der Waals surface area contributed by atoms with E-state index >= 15 is 0 Å². The average molecular weight is 263 g/mol. The largest absolute Gasteiger partial charge is 0.338 e. The molecule has 0 atom stereocenters. The molecule has 1 heterocycles. The number of rotatable bonds is 1. The summed E-state index contributed by atoms with van der Waals surface area (Å²) < 4.78 is 0. The lowest BCUT2D eigenvalue weighted by atomic mass is 10.2. The van der Waals surface area contributed by atoms with Gasteiger partial charge in [-0.25, -0.2) is 4.98 Å². The van der Waals surface area contributed by atoms with E-state index in [2.05, 4.69) is 9.97 Å². The SMILES string of the molecule is Clc1ccc(-c2nc3ccc(Cl)cc3[nH]2)cc1. The lowest BCUT2D eigenvalue weighted by molar-refractivity contribution is 1.34. The first kappa shape index (κ1) is 10.6. The van der Waals surface area contributed by atoms with Crippen molar-refractivity contribution < 1.29 is 0 Å². The molecule has 0 unspecified atom stereocenters. The molecular weight excluding hydrogens is 255 g/mol. The highest BCUT2D eigenvalue weighted by Gasteiger charge is 2.05. The van der Waals surface area contributed by atoms with E-state index in [1.165, 1.54) is 0 Å². The third-order valence-corrected chi connectivity index (χ3v) is 3.05. The zero-order valence-corrected chi connectivity index (χ0v) is 10.3. The van der Waals surface area contributed by atoms with Crippen molar-refractivity contribution >= 4 is 34.2 Å². The Labute approximate surface area is 108 Å². The van der Waals surface area contributed by atoms with E-state index in [0.717, 1.165) is 22.4 Å². The lowest BCUT2D eigenvalue weighted by Crippen LogP contribution is -1.78. The summed E-state index contributed by atoms with van der Waals surface area (Å²) >= 11 is 11.8. The number of benzene rings is 2. The van der Waals surface area contributed by atoms with Crippen LogP contribution in [0.3, 0.4) is 0 Å². The topological polar surface area (TPSA) is 28.7 Å². The maximum Gasteiger partial charge on any atom is 0.138 e. The zero-order valence-electron chi connectivity index (χ0n) is 8.74. The van der Waals surface area contributed by atoms with Crippen molar-refractivity contribution in [3.05, 3.63) is 52.5 Å². The van der Waals surface area contributed by atoms with Gasteiger partial charge >= 0.3 is 0 Å². The molecule has 17 heavy (non-hydrogen) atoms. The van der Waals surface area contributed by atoms with E-state index in [1.54, 1.807) is 0 Å². The summed E-state index contributed by atoms with van der Waals surface area (Å²) in [4.78, 5) is 7.73. The molecule has 0 bridgehead atoms. The van der Waals surface area contributed by atoms with Gasteiger partial charge in [0.2, 0.25) is 0 Å². The van der Waals surface area contributed by atoms with Crippen LogP contribution >= 0.6 is 23.2 Å². The zero-order chi connectivity index (χ0) is 11.8. The molecule has 0 aliphatic carbocycles. The number of H-pyrrole nitrogens is 1. The molecule has 0 fully saturated rings. The minimum Gasteiger partial charge on any atom is -0.338 e. The van der Waals surface area contributed by atoms with E-state index in [1.807, 2.05) is 42.5 Å². The molecule has 0 radical (unpaired) electrons. The number of halogens is 2. The molecular formula is C13H8Cl2N2. The minimum absolute atomic E-state index is 0.698. The van der Waals surface area contributed by atoms with E-state index in [0.29, 0.717) is 10.0 Å². The van der Waals surface area contributed by atoms with Gasteiger partial charge in [-0.3, -0.25) is 0 Å². The van der Waals surface area contributed by atoms with Gasteiger partial charge in [-0.1, -0.05) is 23.2 Å². The molecule has 0 aliphatic rings. The minimum atomic E-state index is 0.698. The van der Waals surface area contributed by atoms with E-state index in [-0.39, 0.29) is 0 Å². The van der Waals surface area contributed by atoms with Gasteiger partial charge in [0.25, 0.3) is 0 Å². The smallest absolute Gasteiger partial charge is 0.138 e. The number of nitrogens with one attached hydrogen (secondary N) is 1. The Bertz CT molecular complexity index is 671. The maximum absolute atomic E-state index is 5.93. The van der Waals surface area contributed by atoms with Crippen LogP contribution in [0.25, 0.3) is 22.4 Å². The molecule has 1 N–H and O–H groups in total. The summed E-state index contributed by atoms with van der Waals surface area (Å²) in [6, 6.07) is 13.1. The van der Waals surface area contributed by atoms with Crippen LogP contribution in [0.15, 0.2) is 42.5 Å². The number of aromatic nitrogens is 2. The Hall–Kier alpha value is -1.51. The third kappa shape index (κ3) is 2.02. The van der Waals surface area contributed by atoms with Crippen molar-refractivity contribution in [2.75, 3.05) is 0 Å². The summed E-state index contributed by atoms with van der Waals surface area (Å²) in [5.74, 6) is 0.818. The Kier molecular flexibility index (Phi) is 2.54. The van der Waals surface area contributed by atoms with Gasteiger partial charge in [0.15, 0.2) is 0 Å². The molecule has 2 nitrogen and oxygen atoms in total. The fourth-order valence-corrected chi connectivity index (χ4v) is 2.02. The number of aromatic amines is 1. The van der Waals surface area contributed by atoms with Crippen LogP contribution in [0.1, 0.15) is 0 Å². The maximum atomic E-state index is 5.93. The molecule has 84 valence electrons. The summed E-state index contributed by atoms with van der Waals surface area (Å²) in [7, 11) is 0. The van der Waals surface area contributed by atoms with Crippen LogP contribution in [0.4, 0.5) is 0 Å². The van der Waals surface area contributed by atoms with Gasteiger partial charge in [-0.2, -0.15) is 0 Å². The summed E-state index contributed by atoms with van der Waals surface area (Å²) in [6.45, 7) is 0. The van der Waals surface area contributed by atoms with Crippen molar-refractivity contribution in [2.24, 2.45) is 0 Å². The molecule has 4 heteroatoms. The molecule has 0 aliphatic heterocycles. The highest BCUT2D eigenvalue weighted by molar-refractivity contribution is 6.31. The molecule has 0 spiro atoms. The Morgan fingerprint density at radius 3 is 2.35 bits per heavy atom. The van der Waals surface area contributed by atoms with Gasteiger partial charge in [-0.15, -0.1) is 0 Å². The van der Waals surface area contributed by atoms with Crippen molar-refractivity contribution in [1.29, 1.82) is 0 Å². The molecule has 1 aromatic heterocycles. The highest BCUT2D eigenvalue weighted by atomic mass is 35.5. The molecule has 3 aromatic rings. The standard InChI is InChI=1S/C13H8Cl2N2/c14-9-3-1-8(2-4-9)13-16-11-6-5-10(15)7-12(11)17-13/h1-7H,(H,16,17). The molecule has 0 saturated carbocycles. The molecule has 2 aromatic carbocycles. The first-order valence-corrected chi connectivity index (χ1v) is 5.89. The highest BCUT2D eigenvalue weighted by Crippen LogP contribution is 2.23. The van der Waals surface area contributed by atoms with Gasteiger partial charge in [0.05, 0.1) is 11.0 Å². The van der Waals surface area contributed by atoms with E-state index < -0.39 is 0 Å². The second-order valence-corrected chi connectivity index (χ2v) is 4.63. The van der Waals surface area contributed by atoms with Gasteiger partial charge in [0.1, 0.15) is 5.82 Å². The Morgan fingerprint density at radius 2 is 1.59 bits per heavy atom. The van der Waals surface area contributed by atoms with E-state index in [9.17, 15) is 0 Å². The second kappa shape index (κ2) is 4.06. The van der Waals surface area contributed by atoms with Gasteiger partial charge < -0.3 is 4.98 Å². The predicted molar refractivity (Wildman–Crippen MR) is 71.5 cm³/mol. The van der Waals surface area contributed by atoms with Crippen LogP contribution in [0, 0.1) is 0 Å². The number of hydrogen-bond acceptors (Lipinski definition) is 1. The van der Waals surface area contributed by atoms with Gasteiger partial charge in [-0.05, 0) is 42.5 Å². The average Bonchev–Trinajstić information content (AvgIpc) is 2.72. The van der Waals surface area contributed by atoms with Crippen LogP contribution in [-0.2, 0) is 0 Å². The summed E-state index contributed by atoms with van der Waals surface area (Å²) in [5, 5.41) is 1.41. The normalized spacial score (nSPS) is 10.9. The predicted octanol–water partition coefficient (Wildman–Crippen LogP) is 4.54. The fraction of sp³-hybridized carbons (Fsp3) is 0. The first-order valence-electron chi connectivity index (χ1n) is 5.13. The molecule has 0 saturated heterocycles. The number of fused-ring (bicyclic) bond motifs is 1. The third-order valence-electron chi connectivity index (χ3n) is 2.56. The first-order chi connectivity index (χ1) is 8.22. The van der Waals surface area contributed by atoms with Crippen molar-refractivity contribution in [2.45, 2.75) is 0 Å². The van der Waals surface area contributed by atoms with Crippen LogP contribution in [0.5, 0.6) is 0 Å². The number of imidazole rings is 1. The van der Waals surface area contributed by atoms with Crippen molar-refractivity contribution in [3.8, 4) is 11.4 Å². The second-order valence-electron chi connectivity index (χ2n) is 3.75. The Balaban J connectivity index is 2.14. The van der Waals surface area contributed by atoms with Crippen molar-refractivity contribution in [3.63, 3.8) is 0 Å². The van der Waals surface area contributed by atoms with Gasteiger partial charge in [0, 0.05) is 15.6 Å². The summed E-state index contributed by atoms with van der Waals surface area (Å²) in [5.41, 5.74) is 2.84. The lowest BCUT2D eigenvalue weighted by Gasteiger charge is -1.95. The van der Waals surface area contributed by atoms with Crippen molar-refractivity contribution in [1.82, 2.24) is 9.97 Å².